The highest BCUT2D eigenvalue weighted by Gasteiger charge is 2.26. The predicted octanol–water partition coefficient (Wildman–Crippen LogP) is 2.69. The van der Waals surface area contributed by atoms with Crippen LogP contribution in [0.1, 0.15) is 19.3 Å². The van der Waals surface area contributed by atoms with E-state index < -0.39 is 4.92 Å². The number of hydrogen-bond donors (Lipinski definition) is 1. The molecule has 1 aromatic rings. The van der Waals surface area contributed by atoms with Crippen LogP contribution in [0.15, 0.2) is 18.3 Å². The lowest BCUT2D eigenvalue weighted by Gasteiger charge is -2.19. The molecule has 92 valence electrons. The van der Waals surface area contributed by atoms with Crippen molar-refractivity contribution in [1.29, 1.82) is 0 Å². The smallest absolute Gasteiger partial charge is 0.287 e. The molecule has 1 fully saturated rings. The first kappa shape index (κ1) is 12.2. The van der Waals surface area contributed by atoms with Crippen molar-refractivity contribution >= 4 is 23.3 Å². The van der Waals surface area contributed by atoms with Crippen molar-refractivity contribution in [2.45, 2.75) is 30.6 Å². The maximum atomic E-state index is 10.5. The van der Waals surface area contributed by atoms with E-state index in [4.69, 9.17) is 0 Å². The van der Waals surface area contributed by atoms with Gasteiger partial charge in [0, 0.05) is 17.4 Å². The number of hydrogen-bond acceptors (Lipinski definition) is 5. The second kappa shape index (κ2) is 5.35. The average molecular weight is 253 g/mol. The molecule has 2 rings (SSSR count). The standard InChI is InChI=1S/C11H15N3O2S/c1-17-10-4-2-3-9(10)13-11-6-5-8(7-12-11)14(15)16/h5-7,9-10H,2-4H2,1H3,(H,12,13). The molecule has 0 aliphatic heterocycles. The predicted molar refractivity (Wildman–Crippen MR) is 69.5 cm³/mol. The van der Waals surface area contributed by atoms with Crippen LogP contribution in [0.25, 0.3) is 0 Å². The Hall–Kier alpha value is -1.30. The molecular weight excluding hydrogens is 238 g/mol. The number of nitro groups is 1. The molecule has 6 heteroatoms. The summed E-state index contributed by atoms with van der Waals surface area (Å²) in [6.07, 6.45) is 7.02. The second-order valence-electron chi connectivity index (χ2n) is 4.11. The molecular formula is C11H15N3O2S. The van der Waals surface area contributed by atoms with Gasteiger partial charge in [0.15, 0.2) is 0 Å². The van der Waals surface area contributed by atoms with Gasteiger partial charge in [-0.15, -0.1) is 0 Å². The lowest BCUT2D eigenvalue weighted by atomic mass is 10.2. The molecule has 1 aliphatic carbocycles. The van der Waals surface area contributed by atoms with Crippen molar-refractivity contribution < 1.29 is 4.92 Å². The summed E-state index contributed by atoms with van der Waals surface area (Å²) in [7, 11) is 0. The summed E-state index contributed by atoms with van der Waals surface area (Å²) in [5.41, 5.74) is 0.0309. The summed E-state index contributed by atoms with van der Waals surface area (Å²) in [5.74, 6) is 0.724. The first-order chi connectivity index (χ1) is 8.20. The van der Waals surface area contributed by atoms with Crippen LogP contribution < -0.4 is 5.32 Å². The molecule has 1 heterocycles. The third kappa shape index (κ3) is 2.88. The average Bonchev–Trinajstić information content (AvgIpc) is 2.77. The summed E-state index contributed by atoms with van der Waals surface area (Å²) in [6, 6.07) is 3.59. The normalized spacial score (nSPS) is 23.6. The van der Waals surface area contributed by atoms with Crippen molar-refractivity contribution in [3.63, 3.8) is 0 Å². The van der Waals surface area contributed by atoms with E-state index in [-0.39, 0.29) is 5.69 Å². The first-order valence-electron chi connectivity index (χ1n) is 5.60. The van der Waals surface area contributed by atoms with Crippen molar-refractivity contribution in [3.05, 3.63) is 28.4 Å². The molecule has 1 N–H and O–H groups in total. The number of nitrogens with zero attached hydrogens (tertiary/aromatic N) is 2. The van der Waals surface area contributed by atoms with Gasteiger partial charge in [-0.25, -0.2) is 4.98 Å². The fourth-order valence-electron chi connectivity index (χ4n) is 2.14. The minimum atomic E-state index is -0.433. The van der Waals surface area contributed by atoms with Gasteiger partial charge in [-0.2, -0.15) is 11.8 Å². The minimum absolute atomic E-state index is 0.0309. The molecule has 0 spiro atoms. The number of anilines is 1. The van der Waals surface area contributed by atoms with Gasteiger partial charge in [0.05, 0.1) is 4.92 Å². The lowest BCUT2D eigenvalue weighted by Crippen LogP contribution is -2.26. The molecule has 0 radical (unpaired) electrons. The number of aromatic nitrogens is 1. The van der Waals surface area contributed by atoms with E-state index >= 15 is 0 Å². The number of pyridine rings is 1. The molecule has 2 unspecified atom stereocenters. The second-order valence-corrected chi connectivity index (χ2v) is 5.19. The fourth-order valence-corrected chi connectivity index (χ4v) is 3.08. The van der Waals surface area contributed by atoms with Crippen LogP contribution in [-0.2, 0) is 0 Å². The maximum absolute atomic E-state index is 10.5. The Kier molecular flexibility index (Phi) is 3.83. The van der Waals surface area contributed by atoms with Crippen LogP contribution in [0.5, 0.6) is 0 Å². The Morgan fingerprint density at radius 3 is 2.94 bits per heavy atom. The third-order valence-electron chi connectivity index (χ3n) is 3.05. The Balaban J connectivity index is 2.01. The highest BCUT2D eigenvalue weighted by atomic mass is 32.2. The summed E-state index contributed by atoms with van der Waals surface area (Å²) in [6.45, 7) is 0. The molecule has 2 atom stereocenters. The first-order valence-corrected chi connectivity index (χ1v) is 6.89. The molecule has 0 saturated heterocycles. The molecule has 1 saturated carbocycles. The van der Waals surface area contributed by atoms with E-state index in [9.17, 15) is 10.1 Å². The zero-order valence-corrected chi connectivity index (χ0v) is 10.4. The van der Waals surface area contributed by atoms with Gasteiger partial charge in [-0.1, -0.05) is 6.42 Å². The van der Waals surface area contributed by atoms with E-state index in [0.29, 0.717) is 11.3 Å². The Morgan fingerprint density at radius 2 is 2.35 bits per heavy atom. The van der Waals surface area contributed by atoms with Crippen molar-refractivity contribution in [2.24, 2.45) is 0 Å². The van der Waals surface area contributed by atoms with Crippen LogP contribution in [0.3, 0.4) is 0 Å². The van der Waals surface area contributed by atoms with Gasteiger partial charge in [0.25, 0.3) is 5.69 Å². The molecule has 5 nitrogen and oxygen atoms in total. The topological polar surface area (TPSA) is 68.1 Å². The van der Waals surface area contributed by atoms with Gasteiger partial charge in [-0.05, 0) is 25.2 Å². The molecule has 0 bridgehead atoms. The molecule has 1 aromatic heterocycles. The summed E-state index contributed by atoms with van der Waals surface area (Å²) < 4.78 is 0. The highest BCUT2D eigenvalue weighted by Crippen LogP contribution is 2.30. The summed E-state index contributed by atoms with van der Waals surface area (Å²) >= 11 is 1.87. The van der Waals surface area contributed by atoms with Gasteiger partial charge < -0.3 is 5.32 Å². The molecule has 17 heavy (non-hydrogen) atoms. The third-order valence-corrected chi connectivity index (χ3v) is 4.22. The van der Waals surface area contributed by atoms with E-state index in [1.165, 1.54) is 25.1 Å². The maximum Gasteiger partial charge on any atom is 0.287 e. The Labute approximate surface area is 104 Å². The van der Waals surface area contributed by atoms with Gasteiger partial charge >= 0.3 is 0 Å². The van der Waals surface area contributed by atoms with E-state index in [2.05, 4.69) is 16.6 Å². The SMILES string of the molecule is CSC1CCCC1Nc1ccc([N+](=O)[O-])cn1. The van der Waals surface area contributed by atoms with Crippen molar-refractivity contribution in [3.8, 4) is 0 Å². The van der Waals surface area contributed by atoms with Crippen LogP contribution in [0.2, 0.25) is 0 Å². The minimum Gasteiger partial charge on any atom is -0.366 e. The summed E-state index contributed by atoms with van der Waals surface area (Å²) in [4.78, 5) is 14.1. The van der Waals surface area contributed by atoms with Crippen LogP contribution in [0, 0.1) is 10.1 Å². The van der Waals surface area contributed by atoms with Crippen LogP contribution >= 0.6 is 11.8 Å². The number of thioether (sulfide) groups is 1. The monoisotopic (exact) mass is 253 g/mol. The Morgan fingerprint density at radius 1 is 1.53 bits per heavy atom. The molecule has 0 aromatic carbocycles. The zero-order chi connectivity index (χ0) is 12.3. The van der Waals surface area contributed by atoms with Gasteiger partial charge in [-0.3, -0.25) is 10.1 Å². The summed E-state index contributed by atoms with van der Waals surface area (Å²) in [5, 5.41) is 14.5. The van der Waals surface area contributed by atoms with Gasteiger partial charge in [0.1, 0.15) is 12.0 Å². The lowest BCUT2D eigenvalue weighted by molar-refractivity contribution is -0.385. The van der Waals surface area contributed by atoms with Crippen molar-refractivity contribution in [1.82, 2.24) is 4.98 Å². The Bertz CT molecular complexity index is 396. The quantitative estimate of drug-likeness (QED) is 0.660. The van der Waals surface area contributed by atoms with Crippen LogP contribution in [-0.4, -0.2) is 27.5 Å². The van der Waals surface area contributed by atoms with E-state index in [0.717, 1.165) is 12.2 Å². The zero-order valence-electron chi connectivity index (χ0n) is 9.63. The number of rotatable bonds is 4. The fraction of sp³-hybridized carbons (Fsp3) is 0.545. The highest BCUT2D eigenvalue weighted by molar-refractivity contribution is 7.99. The molecule has 0 amide bonds. The van der Waals surface area contributed by atoms with E-state index in [1.54, 1.807) is 6.07 Å². The number of nitrogens with one attached hydrogen (secondary N) is 1. The van der Waals surface area contributed by atoms with Crippen LogP contribution in [0.4, 0.5) is 11.5 Å². The van der Waals surface area contributed by atoms with Crippen molar-refractivity contribution in [2.75, 3.05) is 11.6 Å². The van der Waals surface area contributed by atoms with Gasteiger partial charge in [0.2, 0.25) is 0 Å². The van der Waals surface area contributed by atoms with E-state index in [1.807, 2.05) is 11.8 Å². The largest absolute Gasteiger partial charge is 0.366 e. The molecule has 1 aliphatic rings.